The SMILES string of the molecule is COC(=O)c1ccc(CCCN)c(F)c1. The summed E-state index contributed by atoms with van der Waals surface area (Å²) in [6.07, 6.45) is 1.32. The topological polar surface area (TPSA) is 52.3 Å². The van der Waals surface area contributed by atoms with Crippen LogP contribution in [-0.2, 0) is 11.2 Å². The molecule has 0 bridgehead atoms. The largest absolute Gasteiger partial charge is 0.465 e. The monoisotopic (exact) mass is 211 g/mol. The van der Waals surface area contributed by atoms with Crippen LogP contribution >= 0.6 is 0 Å². The van der Waals surface area contributed by atoms with E-state index < -0.39 is 5.97 Å². The van der Waals surface area contributed by atoms with Crippen LogP contribution in [0.5, 0.6) is 0 Å². The molecule has 0 spiro atoms. The van der Waals surface area contributed by atoms with Crippen molar-refractivity contribution in [3.8, 4) is 0 Å². The lowest BCUT2D eigenvalue weighted by Gasteiger charge is -2.04. The lowest BCUT2D eigenvalue weighted by molar-refractivity contribution is 0.0600. The molecule has 0 amide bonds. The fraction of sp³-hybridized carbons (Fsp3) is 0.364. The zero-order chi connectivity index (χ0) is 11.3. The second kappa shape index (κ2) is 5.46. The highest BCUT2D eigenvalue weighted by Gasteiger charge is 2.09. The minimum absolute atomic E-state index is 0.228. The molecule has 0 aliphatic rings. The van der Waals surface area contributed by atoms with Crippen molar-refractivity contribution in [1.29, 1.82) is 0 Å². The van der Waals surface area contributed by atoms with Crippen LogP contribution in [0.15, 0.2) is 18.2 Å². The van der Waals surface area contributed by atoms with Gasteiger partial charge in [0, 0.05) is 0 Å². The minimum Gasteiger partial charge on any atom is -0.465 e. The lowest BCUT2D eigenvalue weighted by Crippen LogP contribution is -2.05. The van der Waals surface area contributed by atoms with Crippen LogP contribution < -0.4 is 5.73 Å². The fourth-order valence-electron chi connectivity index (χ4n) is 1.29. The molecule has 0 unspecified atom stereocenters. The average Bonchev–Trinajstić information content (AvgIpc) is 2.26. The van der Waals surface area contributed by atoms with E-state index >= 15 is 0 Å². The van der Waals surface area contributed by atoms with Gasteiger partial charge in [-0.3, -0.25) is 0 Å². The number of carbonyl (C=O) groups is 1. The summed E-state index contributed by atoms with van der Waals surface area (Å²) in [6.45, 7) is 0.526. The number of carbonyl (C=O) groups excluding carboxylic acids is 1. The Kier molecular flexibility index (Phi) is 4.24. The van der Waals surface area contributed by atoms with Gasteiger partial charge in [0.25, 0.3) is 0 Å². The predicted molar refractivity (Wildman–Crippen MR) is 55.1 cm³/mol. The number of benzene rings is 1. The summed E-state index contributed by atoms with van der Waals surface area (Å²) in [5.74, 6) is -0.911. The van der Waals surface area contributed by atoms with Crippen molar-refractivity contribution in [3.05, 3.63) is 35.1 Å². The van der Waals surface area contributed by atoms with E-state index in [0.29, 0.717) is 18.5 Å². The van der Waals surface area contributed by atoms with Gasteiger partial charge in [0.1, 0.15) is 5.82 Å². The molecule has 2 N–H and O–H groups in total. The maximum Gasteiger partial charge on any atom is 0.337 e. The van der Waals surface area contributed by atoms with Gasteiger partial charge in [-0.1, -0.05) is 6.07 Å². The molecule has 1 aromatic carbocycles. The maximum atomic E-state index is 13.4. The van der Waals surface area contributed by atoms with Crippen molar-refractivity contribution in [1.82, 2.24) is 0 Å². The Hall–Kier alpha value is -1.42. The van der Waals surface area contributed by atoms with Gasteiger partial charge in [-0.15, -0.1) is 0 Å². The molecule has 0 aliphatic heterocycles. The van der Waals surface area contributed by atoms with E-state index in [4.69, 9.17) is 5.73 Å². The van der Waals surface area contributed by atoms with Gasteiger partial charge in [-0.25, -0.2) is 9.18 Å². The zero-order valence-corrected chi connectivity index (χ0v) is 8.63. The minimum atomic E-state index is -0.528. The van der Waals surface area contributed by atoms with Crippen molar-refractivity contribution in [3.63, 3.8) is 0 Å². The summed E-state index contributed by atoms with van der Waals surface area (Å²) in [5.41, 5.74) is 6.13. The van der Waals surface area contributed by atoms with Crippen LogP contribution in [-0.4, -0.2) is 19.6 Å². The van der Waals surface area contributed by atoms with E-state index in [1.165, 1.54) is 13.2 Å². The Morgan fingerprint density at radius 1 is 1.53 bits per heavy atom. The summed E-state index contributed by atoms with van der Waals surface area (Å²) < 4.78 is 17.9. The van der Waals surface area contributed by atoms with E-state index in [1.54, 1.807) is 12.1 Å². The van der Waals surface area contributed by atoms with Crippen LogP contribution in [0.4, 0.5) is 4.39 Å². The number of aryl methyl sites for hydroxylation is 1. The first kappa shape index (κ1) is 11.7. The molecule has 0 aromatic heterocycles. The Morgan fingerprint density at radius 2 is 2.27 bits per heavy atom. The normalized spacial score (nSPS) is 10.1. The van der Waals surface area contributed by atoms with E-state index in [0.717, 1.165) is 6.42 Å². The van der Waals surface area contributed by atoms with E-state index in [9.17, 15) is 9.18 Å². The van der Waals surface area contributed by atoms with Crippen molar-refractivity contribution in [2.45, 2.75) is 12.8 Å². The highest BCUT2D eigenvalue weighted by atomic mass is 19.1. The van der Waals surface area contributed by atoms with Crippen LogP contribution in [0.25, 0.3) is 0 Å². The fourth-order valence-corrected chi connectivity index (χ4v) is 1.29. The van der Waals surface area contributed by atoms with Crippen LogP contribution in [0.2, 0.25) is 0 Å². The molecular formula is C11H14FNO2. The molecule has 3 nitrogen and oxygen atoms in total. The molecular weight excluding hydrogens is 197 g/mol. The molecule has 82 valence electrons. The second-order valence-electron chi connectivity index (χ2n) is 3.19. The number of rotatable bonds is 4. The van der Waals surface area contributed by atoms with Gasteiger partial charge in [0.2, 0.25) is 0 Å². The smallest absolute Gasteiger partial charge is 0.337 e. The quantitative estimate of drug-likeness (QED) is 0.768. The Labute approximate surface area is 88.0 Å². The molecule has 1 rings (SSSR count). The highest BCUT2D eigenvalue weighted by Crippen LogP contribution is 2.12. The molecule has 0 radical (unpaired) electrons. The first-order valence-electron chi connectivity index (χ1n) is 4.76. The number of methoxy groups -OCH3 is 1. The van der Waals surface area contributed by atoms with Gasteiger partial charge in [-0.05, 0) is 37.1 Å². The van der Waals surface area contributed by atoms with Gasteiger partial charge in [-0.2, -0.15) is 0 Å². The molecule has 15 heavy (non-hydrogen) atoms. The van der Waals surface area contributed by atoms with Gasteiger partial charge in [0.15, 0.2) is 0 Å². The summed E-state index contributed by atoms with van der Waals surface area (Å²) in [6, 6.07) is 4.34. The summed E-state index contributed by atoms with van der Waals surface area (Å²) in [5, 5.41) is 0. The molecule has 0 fully saturated rings. The number of esters is 1. The third-order valence-electron chi connectivity index (χ3n) is 2.12. The molecule has 0 saturated carbocycles. The molecule has 0 atom stereocenters. The van der Waals surface area contributed by atoms with Gasteiger partial charge < -0.3 is 10.5 Å². The van der Waals surface area contributed by atoms with Crippen molar-refractivity contribution >= 4 is 5.97 Å². The first-order chi connectivity index (χ1) is 7.19. The van der Waals surface area contributed by atoms with Crippen LogP contribution in [0.1, 0.15) is 22.3 Å². The predicted octanol–water partition coefficient (Wildman–Crippen LogP) is 1.50. The Morgan fingerprint density at radius 3 is 2.80 bits per heavy atom. The second-order valence-corrected chi connectivity index (χ2v) is 3.19. The molecule has 0 aliphatic carbocycles. The first-order valence-corrected chi connectivity index (χ1v) is 4.76. The number of nitrogens with two attached hydrogens (primary N) is 1. The molecule has 0 heterocycles. The zero-order valence-electron chi connectivity index (χ0n) is 8.63. The van der Waals surface area contributed by atoms with E-state index in [-0.39, 0.29) is 11.4 Å². The Balaban J connectivity index is 2.83. The summed E-state index contributed by atoms with van der Waals surface area (Å²) in [4.78, 5) is 11.1. The van der Waals surface area contributed by atoms with Gasteiger partial charge in [0.05, 0.1) is 12.7 Å². The third kappa shape index (κ3) is 3.02. The number of halogens is 1. The Bertz CT molecular complexity index is 352. The van der Waals surface area contributed by atoms with Crippen molar-refractivity contribution in [2.75, 3.05) is 13.7 Å². The number of hydrogen-bond acceptors (Lipinski definition) is 3. The van der Waals surface area contributed by atoms with Crippen LogP contribution in [0, 0.1) is 5.82 Å². The average molecular weight is 211 g/mol. The van der Waals surface area contributed by atoms with E-state index in [1.807, 2.05) is 0 Å². The highest BCUT2D eigenvalue weighted by molar-refractivity contribution is 5.89. The molecule has 4 heteroatoms. The number of ether oxygens (including phenoxy) is 1. The standard InChI is InChI=1S/C11H14FNO2/c1-15-11(14)9-5-4-8(3-2-6-13)10(12)7-9/h4-5,7H,2-3,6,13H2,1H3. The van der Waals surface area contributed by atoms with Gasteiger partial charge >= 0.3 is 5.97 Å². The van der Waals surface area contributed by atoms with Crippen molar-refractivity contribution < 1.29 is 13.9 Å². The summed E-state index contributed by atoms with van der Waals surface area (Å²) in [7, 11) is 1.27. The maximum absolute atomic E-state index is 13.4. The lowest BCUT2D eigenvalue weighted by atomic mass is 10.1. The number of hydrogen-bond donors (Lipinski definition) is 1. The van der Waals surface area contributed by atoms with Crippen molar-refractivity contribution in [2.24, 2.45) is 5.73 Å². The third-order valence-corrected chi connectivity index (χ3v) is 2.12. The summed E-state index contributed by atoms with van der Waals surface area (Å²) >= 11 is 0. The molecule has 1 aromatic rings. The molecule has 0 saturated heterocycles. The van der Waals surface area contributed by atoms with E-state index in [2.05, 4.69) is 4.74 Å². The van der Waals surface area contributed by atoms with Crippen LogP contribution in [0.3, 0.4) is 0 Å².